The van der Waals surface area contributed by atoms with E-state index in [9.17, 15) is 4.79 Å². The molecule has 0 saturated heterocycles. The van der Waals surface area contributed by atoms with Gasteiger partial charge in [-0.3, -0.25) is 4.79 Å². The number of hydrogen-bond donors (Lipinski definition) is 2. The Bertz CT molecular complexity index is 575. The zero-order valence-electron chi connectivity index (χ0n) is 12.4. The summed E-state index contributed by atoms with van der Waals surface area (Å²) in [5.74, 6) is 0.358. The van der Waals surface area contributed by atoms with Crippen molar-refractivity contribution in [1.82, 2.24) is 10.3 Å². The molecule has 4 heteroatoms. The number of carbonyl (C=O) groups excluding carboxylic acids is 1. The van der Waals surface area contributed by atoms with Crippen molar-refractivity contribution in [3.63, 3.8) is 0 Å². The first-order valence-corrected chi connectivity index (χ1v) is 8.14. The molecule has 2 aromatic rings. The monoisotopic (exact) mass is 348 g/mol. The number of aromatic nitrogens is 1. The molecule has 2 rings (SSSR count). The molecule has 1 aromatic carbocycles. The van der Waals surface area contributed by atoms with Crippen LogP contribution in [0.25, 0.3) is 0 Å². The van der Waals surface area contributed by atoms with Crippen molar-refractivity contribution in [2.75, 3.05) is 0 Å². The summed E-state index contributed by atoms with van der Waals surface area (Å²) in [7, 11) is 0. The Hall–Kier alpha value is -1.55. The van der Waals surface area contributed by atoms with E-state index in [2.05, 4.69) is 52.2 Å². The lowest BCUT2D eigenvalue weighted by Crippen LogP contribution is -2.33. The van der Waals surface area contributed by atoms with E-state index in [0.717, 1.165) is 22.9 Å². The van der Waals surface area contributed by atoms with E-state index >= 15 is 0 Å². The summed E-state index contributed by atoms with van der Waals surface area (Å²) >= 11 is 3.36. The molecular weight excluding hydrogens is 328 g/mol. The summed E-state index contributed by atoms with van der Waals surface area (Å²) in [4.78, 5) is 15.4. The third-order valence-electron chi connectivity index (χ3n) is 3.86. The predicted molar refractivity (Wildman–Crippen MR) is 89.2 cm³/mol. The van der Waals surface area contributed by atoms with Crippen LogP contribution in [0, 0.1) is 5.92 Å². The van der Waals surface area contributed by atoms with Crippen LogP contribution in [0.5, 0.6) is 0 Å². The van der Waals surface area contributed by atoms with Gasteiger partial charge in [-0.05, 0) is 33.5 Å². The average molecular weight is 349 g/mol. The number of aromatic amines is 1. The lowest BCUT2D eigenvalue weighted by molar-refractivity contribution is 0.0915. The van der Waals surface area contributed by atoms with E-state index in [1.54, 1.807) is 12.3 Å². The minimum Gasteiger partial charge on any atom is -0.356 e. The van der Waals surface area contributed by atoms with Crippen molar-refractivity contribution in [3.8, 4) is 0 Å². The highest BCUT2D eigenvalue weighted by atomic mass is 79.9. The van der Waals surface area contributed by atoms with E-state index < -0.39 is 0 Å². The van der Waals surface area contributed by atoms with Crippen molar-refractivity contribution in [3.05, 3.63) is 58.3 Å². The molecule has 0 radical (unpaired) electrons. The van der Waals surface area contributed by atoms with Crippen LogP contribution in [0.2, 0.25) is 0 Å². The lowest BCUT2D eigenvalue weighted by Gasteiger charge is -2.26. The van der Waals surface area contributed by atoms with Crippen LogP contribution in [0.4, 0.5) is 0 Å². The van der Waals surface area contributed by atoms with E-state index in [0.29, 0.717) is 11.6 Å². The van der Waals surface area contributed by atoms with Crippen LogP contribution in [0.15, 0.2) is 47.1 Å². The fourth-order valence-electron chi connectivity index (χ4n) is 2.61. The van der Waals surface area contributed by atoms with Crippen LogP contribution in [-0.4, -0.2) is 10.9 Å². The van der Waals surface area contributed by atoms with Gasteiger partial charge in [0.05, 0.1) is 6.04 Å². The number of nitrogens with one attached hydrogen (secondary N) is 2. The zero-order valence-corrected chi connectivity index (χ0v) is 14.0. The average Bonchev–Trinajstić information content (AvgIpc) is 2.95. The van der Waals surface area contributed by atoms with Crippen LogP contribution in [-0.2, 0) is 0 Å². The molecule has 1 heterocycles. The number of hydrogen-bond acceptors (Lipinski definition) is 1. The summed E-state index contributed by atoms with van der Waals surface area (Å²) < 4.78 is 0.881. The van der Waals surface area contributed by atoms with Gasteiger partial charge in [0.15, 0.2) is 0 Å². The largest absolute Gasteiger partial charge is 0.356 e. The Balaban J connectivity index is 2.22. The highest BCUT2D eigenvalue weighted by molar-refractivity contribution is 9.10. The summed E-state index contributed by atoms with van der Waals surface area (Å²) in [5, 5.41) is 3.17. The first-order valence-electron chi connectivity index (χ1n) is 7.35. The van der Waals surface area contributed by atoms with Gasteiger partial charge in [-0.2, -0.15) is 0 Å². The molecular formula is C17H21BrN2O. The Labute approximate surface area is 134 Å². The normalized spacial score (nSPS) is 12.4. The molecule has 0 bridgehead atoms. The standard InChI is InChI=1S/C17H21BrN2O/c1-3-12(4-2)16(13-8-6-5-7-9-13)20-17(21)15-10-14(18)11-19-15/h5-12,16,19H,3-4H2,1-2H3,(H,20,21). The number of halogens is 1. The SMILES string of the molecule is CCC(CC)C(NC(=O)c1cc(Br)c[nH]1)c1ccccc1. The van der Waals surface area contributed by atoms with Gasteiger partial charge >= 0.3 is 0 Å². The number of carbonyl (C=O) groups is 1. The quantitative estimate of drug-likeness (QED) is 0.781. The molecule has 112 valence electrons. The van der Waals surface area contributed by atoms with Gasteiger partial charge < -0.3 is 10.3 Å². The number of amides is 1. The first-order chi connectivity index (χ1) is 10.2. The van der Waals surface area contributed by atoms with E-state index in [1.165, 1.54) is 0 Å². The van der Waals surface area contributed by atoms with Gasteiger partial charge in [0.25, 0.3) is 5.91 Å². The van der Waals surface area contributed by atoms with Gasteiger partial charge in [-0.15, -0.1) is 0 Å². The highest BCUT2D eigenvalue weighted by Crippen LogP contribution is 2.27. The van der Waals surface area contributed by atoms with Gasteiger partial charge in [-0.1, -0.05) is 57.0 Å². The number of H-pyrrole nitrogens is 1. The summed E-state index contributed by atoms with van der Waals surface area (Å²) in [6.07, 6.45) is 3.83. The first kappa shape index (κ1) is 15.8. The molecule has 21 heavy (non-hydrogen) atoms. The molecule has 1 unspecified atom stereocenters. The van der Waals surface area contributed by atoms with Crippen LogP contribution < -0.4 is 5.32 Å². The van der Waals surface area contributed by atoms with Crippen LogP contribution in [0.1, 0.15) is 48.8 Å². The Morgan fingerprint density at radius 3 is 2.43 bits per heavy atom. The van der Waals surface area contributed by atoms with Gasteiger partial charge in [0.2, 0.25) is 0 Å². The number of rotatable bonds is 6. The maximum absolute atomic E-state index is 12.4. The molecule has 0 saturated carbocycles. The highest BCUT2D eigenvalue weighted by Gasteiger charge is 2.23. The molecule has 1 aromatic heterocycles. The molecule has 0 spiro atoms. The van der Waals surface area contributed by atoms with Crippen molar-refractivity contribution < 1.29 is 4.79 Å². The topological polar surface area (TPSA) is 44.9 Å². The molecule has 0 aliphatic heterocycles. The van der Waals surface area contributed by atoms with Crippen molar-refractivity contribution in [2.45, 2.75) is 32.7 Å². The van der Waals surface area contributed by atoms with Gasteiger partial charge in [-0.25, -0.2) is 0 Å². The maximum Gasteiger partial charge on any atom is 0.268 e. The Kier molecular flexibility index (Phi) is 5.62. The smallest absolute Gasteiger partial charge is 0.268 e. The third kappa shape index (κ3) is 3.97. The molecule has 2 N–H and O–H groups in total. The van der Waals surface area contributed by atoms with E-state index in [1.807, 2.05) is 18.2 Å². The van der Waals surface area contributed by atoms with Crippen molar-refractivity contribution in [2.24, 2.45) is 5.92 Å². The third-order valence-corrected chi connectivity index (χ3v) is 4.32. The summed E-state index contributed by atoms with van der Waals surface area (Å²) in [5.41, 5.74) is 1.74. The van der Waals surface area contributed by atoms with Crippen molar-refractivity contribution >= 4 is 21.8 Å². The molecule has 1 amide bonds. The Morgan fingerprint density at radius 1 is 1.24 bits per heavy atom. The summed E-state index contributed by atoms with van der Waals surface area (Å²) in [6.45, 7) is 4.34. The summed E-state index contributed by atoms with van der Waals surface area (Å²) in [6, 6.07) is 12.0. The molecule has 0 fully saturated rings. The minimum absolute atomic E-state index is 0.0378. The predicted octanol–water partition coefficient (Wildman–Crippen LogP) is 4.68. The fourth-order valence-corrected chi connectivity index (χ4v) is 2.96. The van der Waals surface area contributed by atoms with Gasteiger partial charge in [0.1, 0.15) is 5.69 Å². The fraction of sp³-hybridized carbons (Fsp3) is 0.353. The molecule has 1 atom stereocenters. The van der Waals surface area contributed by atoms with Gasteiger partial charge in [0, 0.05) is 10.7 Å². The minimum atomic E-state index is -0.0681. The number of benzene rings is 1. The second kappa shape index (κ2) is 7.46. The Morgan fingerprint density at radius 2 is 1.90 bits per heavy atom. The van der Waals surface area contributed by atoms with Crippen LogP contribution >= 0.6 is 15.9 Å². The second-order valence-electron chi connectivity index (χ2n) is 5.17. The molecule has 0 aliphatic rings. The molecule has 0 aliphatic carbocycles. The zero-order chi connectivity index (χ0) is 15.2. The lowest BCUT2D eigenvalue weighted by atomic mass is 9.88. The molecule has 3 nitrogen and oxygen atoms in total. The maximum atomic E-state index is 12.4. The van der Waals surface area contributed by atoms with E-state index in [4.69, 9.17) is 0 Å². The van der Waals surface area contributed by atoms with Crippen molar-refractivity contribution in [1.29, 1.82) is 0 Å². The van der Waals surface area contributed by atoms with E-state index in [-0.39, 0.29) is 11.9 Å². The second-order valence-corrected chi connectivity index (χ2v) is 6.09. The van der Waals surface area contributed by atoms with Crippen LogP contribution in [0.3, 0.4) is 0 Å².